The standard InChI is InChI=1S/C16H28N2/c1-4-6-12-18(13-7-5-2)16-11-9-8-10-15(16)14(3)17/h8-11,14H,4-7,12-13,17H2,1-3H3/t14-/m1/s1. The first-order valence-corrected chi connectivity index (χ1v) is 7.30. The molecule has 0 heterocycles. The second kappa shape index (κ2) is 8.15. The smallest absolute Gasteiger partial charge is 0.0414 e. The van der Waals surface area contributed by atoms with Gasteiger partial charge in [0.25, 0.3) is 0 Å². The Morgan fingerprint density at radius 2 is 1.61 bits per heavy atom. The van der Waals surface area contributed by atoms with E-state index < -0.39 is 0 Å². The van der Waals surface area contributed by atoms with Gasteiger partial charge in [-0.05, 0) is 31.4 Å². The zero-order valence-corrected chi connectivity index (χ0v) is 12.2. The van der Waals surface area contributed by atoms with Crippen LogP contribution in [-0.2, 0) is 0 Å². The van der Waals surface area contributed by atoms with Crippen LogP contribution in [0.2, 0.25) is 0 Å². The van der Waals surface area contributed by atoms with Crippen molar-refractivity contribution < 1.29 is 0 Å². The molecule has 18 heavy (non-hydrogen) atoms. The zero-order chi connectivity index (χ0) is 13.4. The Hall–Kier alpha value is -1.02. The predicted molar refractivity (Wildman–Crippen MR) is 81.1 cm³/mol. The highest BCUT2D eigenvalue weighted by Crippen LogP contribution is 2.25. The summed E-state index contributed by atoms with van der Waals surface area (Å²) < 4.78 is 0. The molecule has 1 atom stereocenters. The average Bonchev–Trinajstić information content (AvgIpc) is 2.39. The van der Waals surface area contributed by atoms with E-state index in [-0.39, 0.29) is 6.04 Å². The molecule has 1 aromatic rings. The van der Waals surface area contributed by atoms with Gasteiger partial charge in [0.05, 0.1) is 0 Å². The van der Waals surface area contributed by atoms with Gasteiger partial charge < -0.3 is 10.6 Å². The fraction of sp³-hybridized carbons (Fsp3) is 0.625. The van der Waals surface area contributed by atoms with Gasteiger partial charge in [-0.1, -0.05) is 44.9 Å². The van der Waals surface area contributed by atoms with Crippen LogP contribution in [0.25, 0.3) is 0 Å². The number of rotatable bonds is 8. The maximum Gasteiger partial charge on any atom is 0.0414 e. The minimum Gasteiger partial charge on any atom is -0.371 e. The highest BCUT2D eigenvalue weighted by Gasteiger charge is 2.12. The third kappa shape index (κ3) is 4.34. The summed E-state index contributed by atoms with van der Waals surface area (Å²) in [7, 11) is 0. The molecule has 0 aliphatic rings. The van der Waals surface area contributed by atoms with E-state index in [1.54, 1.807) is 0 Å². The van der Waals surface area contributed by atoms with Gasteiger partial charge in [-0.25, -0.2) is 0 Å². The predicted octanol–water partition coefficient (Wildman–Crippen LogP) is 4.11. The normalized spacial score (nSPS) is 12.4. The minimum absolute atomic E-state index is 0.104. The van der Waals surface area contributed by atoms with Crippen LogP contribution in [0, 0.1) is 0 Å². The van der Waals surface area contributed by atoms with Crippen LogP contribution in [0.1, 0.15) is 58.1 Å². The Bertz CT molecular complexity index is 326. The molecule has 0 radical (unpaired) electrons. The number of nitrogens with zero attached hydrogens (tertiary/aromatic N) is 1. The largest absolute Gasteiger partial charge is 0.371 e. The fourth-order valence-corrected chi connectivity index (χ4v) is 2.21. The summed E-state index contributed by atoms with van der Waals surface area (Å²) in [6.07, 6.45) is 4.97. The first-order valence-electron chi connectivity index (χ1n) is 7.30. The molecule has 0 unspecified atom stereocenters. The highest BCUT2D eigenvalue weighted by atomic mass is 15.1. The Kier molecular flexibility index (Phi) is 6.81. The van der Waals surface area contributed by atoms with E-state index in [0.29, 0.717) is 0 Å². The fourth-order valence-electron chi connectivity index (χ4n) is 2.21. The first kappa shape index (κ1) is 15.0. The van der Waals surface area contributed by atoms with Gasteiger partial charge in [-0.3, -0.25) is 0 Å². The van der Waals surface area contributed by atoms with E-state index in [9.17, 15) is 0 Å². The summed E-state index contributed by atoms with van der Waals surface area (Å²) in [6, 6.07) is 8.67. The van der Waals surface area contributed by atoms with Crippen molar-refractivity contribution in [3.05, 3.63) is 29.8 Å². The highest BCUT2D eigenvalue weighted by molar-refractivity contribution is 5.54. The maximum absolute atomic E-state index is 6.08. The van der Waals surface area contributed by atoms with E-state index in [1.807, 2.05) is 0 Å². The van der Waals surface area contributed by atoms with Crippen LogP contribution in [0.5, 0.6) is 0 Å². The molecule has 2 N–H and O–H groups in total. The lowest BCUT2D eigenvalue weighted by Gasteiger charge is -2.28. The van der Waals surface area contributed by atoms with Gasteiger partial charge in [0.15, 0.2) is 0 Å². The summed E-state index contributed by atoms with van der Waals surface area (Å²) in [5, 5.41) is 0. The zero-order valence-electron chi connectivity index (χ0n) is 12.2. The van der Waals surface area contributed by atoms with Gasteiger partial charge in [0.1, 0.15) is 0 Å². The van der Waals surface area contributed by atoms with Crippen LogP contribution < -0.4 is 10.6 Å². The molecule has 0 fully saturated rings. The monoisotopic (exact) mass is 248 g/mol. The number of hydrogen-bond donors (Lipinski definition) is 1. The minimum atomic E-state index is 0.104. The van der Waals surface area contributed by atoms with Crippen LogP contribution >= 0.6 is 0 Å². The SMILES string of the molecule is CCCCN(CCCC)c1ccccc1[C@@H](C)N. The van der Waals surface area contributed by atoms with Crippen molar-refractivity contribution in [1.29, 1.82) is 0 Å². The van der Waals surface area contributed by atoms with E-state index in [4.69, 9.17) is 5.73 Å². The Balaban J connectivity index is 2.88. The number of para-hydroxylation sites is 1. The molecule has 102 valence electrons. The lowest BCUT2D eigenvalue weighted by Crippen LogP contribution is -2.27. The van der Waals surface area contributed by atoms with Crippen molar-refractivity contribution in [1.82, 2.24) is 0 Å². The number of hydrogen-bond acceptors (Lipinski definition) is 2. The first-order chi connectivity index (χ1) is 8.70. The van der Waals surface area contributed by atoms with Gasteiger partial charge >= 0.3 is 0 Å². The van der Waals surface area contributed by atoms with Crippen molar-refractivity contribution in [2.75, 3.05) is 18.0 Å². The van der Waals surface area contributed by atoms with Crippen molar-refractivity contribution in [3.63, 3.8) is 0 Å². The molecule has 2 nitrogen and oxygen atoms in total. The Morgan fingerprint density at radius 3 is 2.11 bits per heavy atom. The van der Waals surface area contributed by atoms with Crippen LogP contribution in [0.4, 0.5) is 5.69 Å². The lowest BCUT2D eigenvalue weighted by atomic mass is 10.1. The summed E-state index contributed by atoms with van der Waals surface area (Å²) in [4.78, 5) is 2.51. The molecule has 0 bridgehead atoms. The van der Waals surface area contributed by atoms with E-state index in [2.05, 4.69) is 49.9 Å². The number of benzene rings is 1. The molecule has 0 aliphatic heterocycles. The van der Waals surface area contributed by atoms with Crippen molar-refractivity contribution >= 4 is 5.69 Å². The molecule has 0 amide bonds. The van der Waals surface area contributed by atoms with Gasteiger partial charge in [-0.2, -0.15) is 0 Å². The maximum atomic E-state index is 6.08. The third-order valence-electron chi connectivity index (χ3n) is 3.33. The second-order valence-electron chi connectivity index (χ2n) is 5.04. The topological polar surface area (TPSA) is 29.3 Å². The van der Waals surface area contributed by atoms with E-state index in [0.717, 1.165) is 13.1 Å². The van der Waals surface area contributed by atoms with Crippen molar-refractivity contribution in [2.45, 2.75) is 52.5 Å². The molecule has 0 aliphatic carbocycles. The van der Waals surface area contributed by atoms with Crippen LogP contribution in [0.15, 0.2) is 24.3 Å². The van der Waals surface area contributed by atoms with Crippen molar-refractivity contribution in [3.8, 4) is 0 Å². The van der Waals surface area contributed by atoms with Crippen molar-refractivity contribution in [2.24, 2.45) is 5.73 Å². The van der Waals surface area contributed by atoms with Gasteiger partial charge in [-0.15, -0.1) is 0 Å². The average molecular weight is 248 g/mol. The molecular formula is C16H28N2. The van der Waals surface area contributed by atoms with Gasteiger partial charge in [0, 0.05) is 24.8 Å². The molecule has 1 rings (SSSR count). The summed E-state index contributed by atoms with van der Waals surface area (Å²) >= 11 is 0. The Morgan fingerprint density at radius 1 is 1.06 bits per heavy atom. The summed E-state index contributed by atoms with van der Waals surface area (Å²) in [5.74, 6) is 0. The van der Waals surface area contributed by atoms with E-state index in [1.165, 1.54) is 36.9 Å². The summed E-state index contributed by atoms with van der Waals surface area (Å²) in [5.41, 5.74) is 8.68. The molecule has 0 aromatic heterocycles. The number of unbranched alkanes of at least 4 members (excludes halogenated alkanes) is 2. The van der Waals surface area contributed by atoms with Crippen LogP contribution in [0.3, 0.4) is 0 Å². The lowest BCUT2D eigenvalue weighted by molar-refractivity contribution is 0.671. The Labute approximate surface area is 112 Å². The molecular weight excluding hydrogens is 220 g/mol. The third-order valence-corrected chi connectivity index (χ3v) is 3.33. The molecule has 0 spiro atoms. The summed E-state index contributed by atoms with van der Waals surface area (Å²) in [6.45, 7) is 8.84. The van der Waals surface area contributed by atoms with Crippen LogP contribution in [-0.4, -0.2) is 13.1 Å². The van der Waals surface area contributed by atoms with Gasteiger partial charge in [0.2, 0.25) is 0 Å². The number of nitrogens with two attached hydrogens (primary N) is 1. The molecule has 1 aromatic carbocycles. The van der Waals surface area contributed by atoms with E-state index >= 15 is 0 Å². The molecule has 2 heteroatoms. The second-order valence-corrected chi connectivity index (χ2v) is 5.04. The quantitative estimate of drug-likeness (QED) is 0.750. The molecule has 0 saturated carbocycles. The molecule has 0 saturated heterocycles. The number of anilines is 1.